The minimum atomic E-state index is -0.599. The van der Waals surface area contributed by atoms with Crippen LogP contribution in [0.5, 0.6) is 0 Å². The van der Waals surface area contributed by atoms with E-state index in [-0.39, 0.29) is 21.8 Å². The lowest BCUT2D eigenvalue weighted by Crippen LogP contribution is -2.34. The van der Waals surface area contributed by atoms with Gasteiger partial charge in [-0.3, -0.25) is 14.9 Å². The average Bonchev–Trinajstić information content (AvgIpc) is 2.84. The van der Waals surface area contributed by atoms with Gasteiger partial charge >= 0.3 is 0 Å². The van der Waals surface area contributed by atoms with Gasteiger partial charge in [0.1, 0.15) is 11.3 Å². The molecule has 108 valence electrons. The van der Waals surface area contributed by atoms with Gasteiger partial charge in [-0.1, -0.05) is 31.4 Å². The number of hydrogen-bond donors (Lipinski definition) is 1. The van der Waals surface area contributed by atoms with E-state index in [1.54, 1.807) is 0 Å². The van der Waals surface area contributed by atoms with Crippen molar-refractivity contribution in [1.29, 1.82) is 0 Å². The van der Waals surface area contributed by atoms with Gasteiger partial charge in [0.25, 0.3) is 11.6 Å². The zero-order valence-corrected chi connectivity index (χ0v) is 11.9. The number of nitrogens with zero attached hydrogens (tertiary/aromatic N) is 2. The van der Waals surface area contributed by atoms with Crippen LogP contribution in [0.3, 0.4) is 0 Å². The first kappa shape index (κ1) is 14.7. The maximum Gasteiger partial charge on any atom is 0.288 e. The summed E-state index contributed by atoms with van der Waals surface area (Å²) in [6.45, 7) is 2.68. The molecule has 0 aromatic carbocycles. The Morgan fingerprint density at radius 2 is 2.20 bits per heavy atom. The molecule has 0 unspecified atom stereocenters. The number of nitro groups is 1. The lowest BCUT2D eigenvalue weighted by atomic mass is 9.89. The van der Waals surface area contributed by atoms with Gasteiger partial charge in [-0.25, -0.2) is 4.98 Å². The lowest BCUT2D eigenvalue weighted by molar-refractivity contribution is -0.385. The minimum absolute atomic E-state index is 0.0234. The van der Waals surface area contributed by atoms with Gasteiger partial charge in [-0.05, 0) is 18.3 Å². The van der Waals surface area contributed by atoms with Gasteiger partial charge in [0, 0.05) is 12.6 Å². The van der Waals surface area contributed by atoms with E-state index in [9.17, 15) is 14.9 Å². The fraction of sp³-hybridized carbons (Fsp3) is 0.538. The van der Waals surface area contributed by atoms with Crippen LogP contribution in [-0.2, 0) is 0 Å². The monoisotopic (exact) mass is 297 g/mol. The van der Waals surface area contributed by atoms with Crippen molar-refractivity contribution in [1.82, 2.24) is 10.3 Å². The van der Waals surface area contributed by atoms with Crippen LogP contribution in [0.25, 0.3) is 0 Å². The number of pyridine rings is 1. The molecule has 7 heteroatoms. The molecule has 2 rings (SSSR count). The summed E-state index contributed by atoms with van der Waals surface area (Å²) in [6, 6.07) is 1.15. The molecule has 0 saturated heterocycles. The molecule has 1 heterocycles. The van der Waals surface area contributed by atoms with E-state index in [2.05, 4.69) is 17.2 Å². The maximum atomic E-state index is 12.1. The number of aromatic nitrogens is 1. The molecule has 20 heavy (non-hydrogen) atoms. The summed E-state index contributed by atoms with van der Waals surface area (Å²) >= 11 is 5.83. The SMILES string of the molecule is CC1(CNC(=O)c2cc([N+](=O)[O-])cnc2Cl)CCCC1. The van der Waals surface area contributed by atoms with Crippen molar-refractivity contribution < 1.29 is 9.72 Å². The predicted octanol–water partition coefficient (Wildman–Crippen LogP) is 2.95. The van der Waals surface area contributed by atoms with Gasteiger partial charge < -0.3 is 5.32 Å². The second kappa shape index (κ2) is 5.75. The van der Waals surface area contributed by atoms with E-state index in [1.165, 1.54) is 12.8 Å². The van der Waals surface area contributed by atoms with Crippen LogP contribution in [0.2, 0.25) is 5.15 Å². The molecule has 1 aromatic rings. The average molecular weight is 298 g/mol. The molecule has 1 aliphatic carbocycles. The quantitative estimate of drug-likeness (QED) is 0.526. The molecule has 0 bridgehead atoms. The molecule has 1 aliphatic rings. The Kier molecular flexibility index (Phi) is 4.23. The topological polar surface area (TPSA) is 85.1 Å². The normalized spacial score (nSPS) is 16.9. The van der Waals surface area contributed by atoms with E-state index < -0.39 is 10.8 Å². The summed E-state index contributed by atoms with van der Waals surface area (Å²) in [5.41, 5.74) is -0.0925. The smallest absolute Gasteiger partial charge is 0.288 e. The number of amides is 1. The minimum Gasteiger partial charge on any atom is -0.351 e. The third-order valence-corrected chi connectivity index (χ3v) is 4.07. The van der Waals surface area contributed by atoms with Crippen LogP contribution in [0, 0.1) is 15.5 Å². The summed E-state index contributed by atoms with van der Waals surface area (Å²) in [5, 5.41) is 13.5. The zero-order valence-electron chi connectivity index (χ0n) is 11.2. The standard InChI is InChI=1S/C13H16ClN3O3/c1-13(4-2-3-5-13)8-16-12(18)10-6-9(17(19)20)7-15-11(10)14/h6-7H,2-5,8H2,1H3,(H,16,18). The van der Waals surface area contributed by atoms with Crippen molar-refractivity contribution in [2.24, 2.45) is 5.41 Å². The second-order valence-corrected chi connectivity index (χ2v) is 5.85. The van der Waals surface area contributed by atoms with E-state index in [0.717, 1.165) is 25.1 Å². The number of halogens is 1. The highest BCUT2D eigenvalue weighted by Crippen LogP contribution is 2.36. The summed E-state index contributed by atoms with van der Waals surface area (Å²) in [4.78, 5) is 25.9. The van der Waals surface area contributed by atoms with Gasteiger partial charge in [-0.15, -0.1) is 0 Å². The van der Waals surface area contributed by atoms with Crippen LogP contribution in [0.4, 0.5) is 5.69 Å². The molecule has 6 nitrogen and oxygen atoms in total. The van der Waals surface area contributed by atoms with E-state index in [0.29, 0.717) is 6.54 Å². The molecule has 1 amide bonds. The molecule has 1 fully saturated rings. The molecule has 0 radical (unpaired) electrons. The first-order chi connectivity index (χ1) is 9.41. The van der Waals surface area contributed by atoms with Crippen LogP contribution in [0.1, 0.15) is 43.0 Å². The predicted molar refractivity (Wildman–Crippen MR) is 74.8 cm³/mol. The maximum absolute atomic E-state index is 12.1. The number of carbonyl (C=O) groups excluding carboxylic acids is 1. The molecule has 0 atom stereocenters. The molecule has 1 saturated carbocycles. The number of hydrogen-bond acceptors (Lipinski definition) is 4. The molecular weight excluding hydrogens is 282 g/mol. The van der Waals surface area contributed by atoms with Gasteiger partial charge in [0.15, 0.2) is 0 Å². The molecular formula is C13H16ClN3O3. The molecule has 0 spiro atoms. The van der Waals surface area contributed by atoms with Crippen LogP contribution in [-0.4, -0.2) is 22.4 Å². The third kappa shape index (κ3) is 3.25. The Hall–Kier alpha value is -1.69. The van der Waals surface area contributed by atoms with Crippen molar-refractivity contribution >= 4 is 23.2 Å². The number of nitrogens with one attached hydrogen (secondary N) is 1. The highest BCUT2D eigenvalue weighted by molar-refractivity contribution is 6.32. The summed E-state index contributed by atoms with van der Waals surface area (Å²) < 4.78 is 0. The molecule has 1 aromatic heterocycles. The Morgan fingerprint density at radius 1 is 1.55 bits per heavy atom. The highest BCUT2D eigenvalue weighted by atomic mass is 35.5. The zero-order chi connectivity index (χ0) is 14.8. The Bertz CT molecular complexity index is 542. The van der Waals surface area contributed by atoms with Gasteiger partial charge in [0.2, 0.25) is 0 Å². The Balaban J connectivity index is 2.08. The highest BCUT2D eigenvalue weighted by Gasteiger charge is 2.29. The first-order valence-electron chi connectivity index (χ1n) is 6.49. The van der Waals surface area contributed by atoms with E-state index >= 15 is 0 Å². The Morgan fingerprint density at radius 3 is 2.80 bits per heavy atom. The lowest BCUT2D eigenvalue weighted by Gasteiger charge is -2.23. The fourth-order valence-corrected chi connectivity index (χ4v) is 2.68. The second-order valence-electron chi connectivity index (χ2n) is 5.49. The molecule has 1 N–H and O–H groups in total. The van der Waals surface area contributed by atoms with E-state index in [1.807, 2.05) is 0 Å². The number of rotatable bonds is 4. The van der Waals surface area contributed by atoms with Crippen molar-refractivity contribution in [3.8, 4) is 0 Å². The van der Waals surface area contributed by atoms with E-state index in [4.69, 9.17) is 11.6 Å². The first-order valence-corrected chi connectivity index (χ1v) is 6.87. The fourth-order valence-electron chi connectivity index (χ4n) is 2.49. The largest absolute Gasteiger partial charge is 0.351 e. The summed E-state index contributed by atoms with van der Waals surface area (Å²) in [5.74, 6) is -0.417. The van der Waals surface area contributed by atoms with Crippen molar-refractivity contribution in [2.75, 3.05) is 6.54 Å². The van der Waals surface area contributed by atoms with Crippen molar-refractivity contribution in [3.63, 3.8) is 0 Å². The van der Waals surface area contributed by atoms with Crippen LogP contribution >= 0.6 is 11.6 Å². The molecule has 0 aliphatic heterocycles. The van der Waals surface area contributed by atoms with Crippen LogP contribution < -0.4 is 5.32 Å². The van der Waals surface area contributed by atoms with Crippen molar-refractivity contribution in [2.45, 2.75) is 32.6 Å². The van der Waals surface area contributed by atoms with Crippen molar-refractivity contribution in [3.05, 3.63) is 33.1 Å². The van der Waals surface area contributed by atoms with Gasteiger partial charge in [-0.2, -0.15) is 0 Å². The number of carbonyl (C=O) groups is 1. The summed E-state index contributed by atoms with van der Waals surface area (Å²) in [7, 11) is 0. The van der Waals surface area contributed by atoms with Gasteiger partial charge in [0.05, 0.1) is 10.5 Å². The Labute approximate surface area is 121 Å². The third-order valence-electron chi connectivity index (χ3n) is 3.77. The summed E-state index contributed by atoms with van der Waals surface area (Å²) in [6.07, 6.45) is 5.54. The van der Waals surface area contributed by atoms with Crippen LogP contribution in [0.15, 0.2) is 12.3 Å².